The van der Waals surface area contributed by atoms with Gasteiger partial charge in [-0.05, 0) is 67.3 Å². The summed E-state index contributed by atoms with van der Waals surface area (Å²) in [4.78, 5) is 16.7. The van der Waals surface area contributed by atoms with E-state index in [1.165, 1.54) is 11.1 Å². The molecule has 2 aromatic carbocycles. The number of aromatic nitrogens is 2. The molecule has 5 nitrogen and oxygen atoms in total. The maximum absolute atomic E-state index is 12.2. The Balaban J connectivity index is 1.51. The molecule has 0 spiro atoms. The summed E-state index contributed by atoms with van der Waals surface area (Å²) in [6.07, 6.45) is 4.64. The van der Waals surface area contributed by atoms with E-state index in [9.17, 15) is 4.79 Å². The van der Waals surface area contributed by atoms with E-state index < -0.39 is 0 Å². The summed E-state index contributed by atoms with van der Waals surface area (Å²) >= 11 is 0. The monoisotopic (exact) mass is 359 g/mol. The number of amides is 1. The van der Waals surface area contributed by atoms with Gasteiger partial charge in [-0.25, -0.2) is 0 Å². The molecule has 0 saturated heterocycles. The Morgan fingerprint density at radius 1 is 1.11 bits per heavy atom. The van der Waals surface area contributed by atoms with Crippen LogP contribution in [0.3, 0.4) is 0 Å². The second kappa shape index (κ2) is 6.05. The maximum Gasteiger partial charge on any atom is 0.258 e. The molecule has 2 aliphatic rings. The molecule has 2 N–H and O–H groups in total. The summed E-state index contributed by atoms with van der Waals surface area (Å²) in [5.41, 5.74) is 9.74. The fraction of sp³-hybridized carbons (Fsp3) is 0.318. The van der Waals surface area contributed by atoms with Crippen molar-refractivity contribution in [2.45, 2.75) is 32.1 Å². The van der Waals surface area contributed by atoms with E-state index in [4.69, 9.17) is 10.3 Å². The standard InChI is InChI=1S/C22H21N3O2/c23-21(26)22-9-8-14(12-22)10-16-6-7-17(11-18(16)13-22)19-24-20(27-25-19)15-4-2-1-3-5-15/h1-7,11,14H,8-10,12-13H2,(H2,23,26). The van der Waals surface area contributed by atoms with E-state index in [-0.39, 0.29) is 11.3 Å². The highest BCUT2D eigenvalue weighted by Crippen LogP contribution is 2.48. The third kappa shape index (κ3) is 2.74. The molecule has 5 rings (SSSR count). The molecule has 1 fully saturated rings. The van der Waals surface area contributed by atoms with Gasteiger partial charge in [0.15, 0.2) is 0 Å². The number of carbonyl (C=O) groups is 1. The van der Waals surface area contributed by atoms with Gasteiger partial charge < -0.3 is 10.3 Å². The van der Waals surface area contributed by atoms with Gasteiger partial charge in [-0.1, -0.05) is 35.5 Å². The van der Waals surface area contributed by atoms with Crippen molar-refractivity contribution in [2.75, 3.05) is 0 Å². The molecule has 2 bridgehead atoms. The Morgan fingerprint density at radius 2 is 1.96 bits per heavy atom. The molecule has 0 aliphatic heterocycles. The maximum atomic E-state index is 12.2. The summed E-state index contributed by atoms with van der Waals surface area (Å²) in [5, 5.41) is 4.16. The molecule has 1 aromatic heterocycles. The summed E-state index contributed by atoms with van der Waals surface area (Å²) in [6.45, 7) is 0. The summed E-state index contributed by atoms with van der Waals surface area (Å²) < 4.78 is 5.45. The second-order valence-corrected chi connectivity index (χ2v) is 7.91. The van der Waals surface area contributed by atoms with Crippen LogP contribution < -0.4 is 5.73 Å². The molecule has 1 amide bonds. The highest BCUT2D eigenvalue weighted by Gasteiger charge is 2.46. The largest absolute Gasteiger partial charge is 0.369 e. The van der Waals surface area contributed by atoms with E-state index in [0.717, 1.165) is 36.8 Å². The van der Waals surface area contributed by atoms with Crippen molar-refractivity contribution in [1.29, 1.82) is 0 Å². The molecule has 136 valence electrons. The third-order valence-electron chi connectivity index (χ3n) is 6.18. The van der Waals surface area contributed by atoms with E-state index in [0.29, 0.717) is 24.1 Å². The lowest BCUT2D eigenvalue weighted by Gasteiger charge is -2.25. The first kappa shape index (κ1) is 16.2. The lowest BCUT2D eigenvalue weighted by atomic mass is 9.79. The normalized spacial score (nSPS) is 23.6. The minimum absolute atomic E-state index is 0.158. The highest BCUT2D eigenvalue weighted by atomic mass is 16.5. The SMILES string of the molecule is NC(=O)C12CCC(Cc3ccc(-c4noc(-c5ccccc5)n4)cc3C1)C2. The second-order valence-electron chi connectivity index (χ2n) is 7.91. The van der Waals surface area contributed by atoms with Gasteiger partial charge in [-0.3, -0.25) is 4.79 Å². The zero-order chi connectivity index (χ0) is 18.4. The van der Waals surface area contributed by atoms with Crippen LogP contribution in [0.25, 0.3) is 22.8 Å². The van der Waals surface area contributed by atoms with Crippen LogP contribution in [0.2, 0.25) is 0 Å². The van der Waals surface area contributed by atoms with Crippen LogP contribution in [0, 0.1) is 11.3 Å². The van der Waals surface area contributed by atoms with Crippen LogP contribution in [0.4, 0.5) is 0 Å². The predicted molar refractivity (Wildman–Crippen MR) is 102 cm³/mol. The van der Waals surface area contributed by atoms with Gasteiger partial charge in [0.25, 0.3) is 5.89 Å². The third-order valence-corrected chi connectivity index (χ3v) is 6.18. The molecule has 2 atom stereocenters. The van der Waals surface area contributed by atoms with Crippen molar-refractivity contribution in [1.82, 2.24) is 10.1 Å². The first-order valence-corrected chi connectivity index (χ1v) is 9.44. The van der Waals surface area contributed by atoms with Crippen molar-refractivity contribution in [3.8, 4) is 22.8 Å². The highest BCUT2D eigenvalue weighted by molar-refractivity contribution is 5.82. The van der Waals surface area contributed by atoms with Crippen LogP contribution >= 0.6 is 0 Å². The van der Waals surface area contributed by atoms with Crippen molar-refractivity contribution >= 4 is 5.91 Å². The number of nitrogens with zero attached hydrogens (tertiary/aromatic N) is 2. The summed E-state index contributed by atoms with van der Waals surface area (Å²) in [5.74, 6) is 1.47. The molecule has 2 unspecified atom stereocenters. The summed E-state index contributed by atoms with van der Waals surface area (Å²) in [6, 6.07) is 16.0. The number of primary amides is 1. The zero-order valence-corrected chi connectivity index (χ0v) is 15.0. The number of benzene rings is 2. The minimum atomic E-state index is -0.388. The van der Waals surface area contributed by atoms with E-state index in [1.54, 1.807) is 0 Å². The first-order valence-electron chi connectivity index (χ1n) is 9.44. The molecule has 1 saturated carbocycles. The fourth-order valence-electron chi connectivity index (χ4n) is 4.73. The number of fused-ring (bicyclic) bond motifs is 3. The van der Waals surface area contributed by atoms with Crippen LogP contribution in [0.5, 0.6) is 0 Å². The van der Waals surface area contributed by atoms with Crippen molar-refractivity contribution in [3.05, 3.63) is 59.7 Å². The summed E-state index contributed by atoms with van der Waals surface area (Å²) in [7, 11) is 0. The van der Waals surface area contributed by atoms with Gasteiger partial charge in [0, 0.05) is 11.1 Å². The van der Waals surface area contributed by atoms with E-state index in [1.807, 2.05) is 36.4 Å². The Kier molecular flexibility index (Phi) is 3.64. The van der Waals surface area contributed by atoms with Crippen LogP contribution in [0.15, 0.2) is 53.1 Å². The Morgan fingerprint density at radius 3 is 2.78 bits per heavy atom. The van der Waals surface area contributed by atoms with Crippen LogP contribution in [-0.4, -0.2) is 16.0 Å². The van der Waals surface area contributed by atoms with Gasteiger partial charge in [-0.2, -0.15) is 4.98 Å². The average Bonchev–Trinajstić information content (AvgIpc) is 3.28. The quantitative estimate of drug-likeness (QED) is 0.772. The van der Waals surface area contributed by atoms with Crippen molar-refractivity contribution in [3.63, 3.8) is 0 Å². The number of hydrogen-bond acceptors (Lipinski definition) is 4. The van der Waals surface area contributed by atoms with Gasteiger partial charge in [0.2, 0.25) is 11.7 Å². The lowest BCUT2D eigenvalue weighted by molar-refractivity contribution is -0.127. The number of rotatable bonds is 3. The fourth-order valence-corrected chi connectivity index (χ4v) is 4.73. The van der Waals surface area contributed by atoms with Crippen molar-refractivity contribution < 1.29 is 9.32 Å². The van der Waals surface area contributed by atoms with Crippen LogP contribution in [-0.2, 0) is 17.6 Å². The molecule has 1 heterocycles. The molecule has 3 aromatic rings. The topological polar surface area (TPSA) is 82.0 Å². The molecule has 27 heavy (non-hydrogen) atoms. The lowest BCUT2D eigenvalue weighted by Crippen LogP contribution is -2.36. The molecular weight excluding hydrogens is 338 g/mol. The molecular formula is C22H21N3O2. The van der Waals surface area contributed by atoms with Crippen LogP contribution in [0.1, 0.15) is 30.4 Å². The van der Waals surface area contributed by atoms with Gasteiger partial charge >= 0.3 is 0 Å². The zero-order valence-electron chi connectivity index (χ0n) is 15.0. The minimum Gasteiger partial charge on any atom is -0.369 e. The van der Waals surface area contributed by atoms with E-state index in [2.05, 4.69) is 22.3 Å². The van der Waals surface area contributed by atoms with Gasteiger partial charge in [0.05, 0.1) is 5.41 Å². The molecule has 0 radical (unpaired) electrons. The molecule has 2 aliphatic carbocycles. The smallest absolute Gasteiger partial charge is 0.258 e. The number of hydrogen-bond donors (Lipinski definition) is 1. The Bertz CT molecular complexity index is 1010. The Labute approximate surface area is 157 Å². The average molecular weight is 359 g/mol. The van der Waals surface area contributed by atoms with Gasteiger partial charge in [0.1, 0.15) is 0 Å². The van der Waals surface area contributed by atoms with Crippen molar-refractivity contribution in [2.24, 2.45) is 17.1 Å². The predicted octanol–water partition coefficient (Wildman–Crippen LogP) is 3.77. The molecule has 5 heteroatoms. The first-order chi connectivity index (χ1) is 13.1. The van der Waals surface area contributed by atoms with Gasteiger partial charge in [-0.15, -0.1) is 0 Å². The Hall–Kier alpha value is -2.95. The van der Waals surface area contributed by atoms with E-state index >= 15 is 0 Å². The number of carbonyl (C=O) groups excluding carboxylic acids is 1. The number of nitrogens with two attached hydrogens (primary N) is 1.